The first-order valence-electron chi connectivity index (χ1n) is 8.06. The average Bonchev–Trinajstić information content (AvgIpc) is 3.01. The smallest absolute Gasteiger partial charge is 0.347 e. The number of hydrogen-bond donors (Lipinski definition) is 1. The van der Waals surface area contributed by atoms with Crippen molar-refractivity contribution < 1.29 is 19.1 Å². The second kappa shape index (κ2) is 7.97. The van der Waals surface area contributed by atoms with Crippen LogP contribution in [0.5, 0.6) is 5.75 Å². The van der Waals surface area contributed by atoms with Crippen molar-refractivity contribution in [3.8, 4) is 5.75 Å². The fourth-order valence-electron chi connectivity index (χ4n) is 2.25. The van der Waals surface area contributed by atoms with Crippen molar-refractivity contribution in [3.63, 3.8) is 0 Å². The van der Waals surface area contributed by atoms with Gasteiger partial charge in [0.1, 0.15) is 5.75 Å². The van der Waals surface area contributed by atoms with Crippen molar-refractivity contribution in [1.29, 1.82) is 0 Å². The van der Waals surface area contributed by atoms with E-state index in [0.29, 0.717) is 10.9 Å². The van der Waals surface area contributed by atoms with Crippen LogP contribution in [0, 0.1) is 6.92 Å². The van der Waals surface area contributed by atoms with Crippen LogP contribution < -0.4 is 10.1 Å². The number of benzene rings is 2. The Kier molecular flexibility index (Phi) is 5.48. The molecule has 0 radical (unpaired) electrons. The average molecular weight is 370 g/mol. The number of nitrogens with zero attached hydrogens (tertiary/aromatic N) is 1. The summed E-state index contributed by atoms with van der Waals surface area (Å²) in [6, 6.07) is 14.8. The molecule has 0 spiro atoms. The van der Waals surface area contributed by atoms with Crippen molar-refractivity contribution in [3.05, 3.63) is 54.1 Å². The Hall–Kier alpha value is -2.93. The summed E-state index contributed by atoms with van der Waals surface area (Å²) in [4.78, 5) is 28.3. The molecule has 0 aliphatic carbocycles. The van der Waals surface area contributed by atoms with Crippen molar-refractivity contribution in [2.24, 2.45) is 0 Å². The second-order valence-corrected chi connectivity index (χ2v) is 6.75. The first-order chi connectivity index (χ1) is 12.5. The van der Waals surface area contributed by atoms with E-state index >= 15 is 0 Å². The SMILES string of the molecule is Cc1ccc2nc(NC(=O)COC(=O)C(C)Oc3ccccc3)sc2c1. The van der Waals surface area contributed by atoms with E-state index in [1.807, 2.05) is 31.2 Å². The first kappa shape index (κ1) is 17.9. The highest BCUT2D eigenvalue weighted by Gasteiger charge is 2.18. The number of rotatable bonds is 6. The van der Waals surface area contributed by atoms with Crippen LogP contribution in [0.2, 0.25) is 0 Å². The Morgan fingerprint density at radius 2 is 1.96 bits per heavy atom. The van der Waals surface area contributed by atoms with Gasteiger partial charge in [0.2, 0.25) is 0 Å². The maximum atomic E-state index is 12.0. The predicted octanol–water partition coefficient (Wildman–Crippen LogP) is 3.55. The number of anilines is 1. The summed E-state index contributed by atoms with van der Waals surface area (Å²) in [5.41, 5.74) is 1.94. The molecule has 26 heavy (non-hydrogen) atoms. The van der Waals surface area contributed by atoms with Crippen molar-refractivity contribution >= 4 is 38.6 Å². The van der Waals surface area contributed by atoms with Crippen LogP contribution in [0.25, 0.3) is 10.2 Å². The van der Waals surface area contributed by atoms with E-state index < -0.39 is 24.6 Å². The van der Waals surface area contributed by atoms with Gasteiger partial charge < -0.3 is 9.47 Å². The molecular formula is C19H18N2O4S. The summed E-state index contributed by atoms with van der Waals surface area (Å²) >= 11 is 1.37. The summed E-state index contributed by atoms with van der Waals surface area (Å²) in [5.74, 6) is -0.490. The number of carbonyl (C=O) groups excluding carboxylic acids is 2. The van der Waals surface area contributed by atoms with E-state index in [1.165, 1.54) is 11.3 Å². The van der Waals surface area contributed by atoms with Crippen molar-refractivity contribution in [1.82, 2.24) is 4.98 Å². The summed E-state index contributed by atoms with van der Waals surface area (Å²) in [5, 5.41) is 3.12. The number of aryl methyl sites for hydroxylation is 1. The fraction of sp³-hybridized carbons (Fsp3) is 0.211. The lowest BCUT2D eigenvalue weighted by Gasteiger charge is -2.13. The number of aromatic nitrogens is 1. The normalized spacial score (nSPS) is 11.8. The molecular weight excluding hydrogens is 352 g/mol. The highest BCUT2D eigenvalue weighted by atomic mass is 32.1. The Morgan fingerprint density at radius 3 is 2.73 bits per heavy atom. The number of ether oxygens (including phenoxy) is 2. The largest absolute Gasteiger partial charge is 0.479 e. The minimum atomic E-state index is -0.810. The third-order valence-electron chi connectivity index (χ3n) is 3.52. The molecule has 0 aliphatic heterocycles. The van der Waals surface area contributed by atoms with E-state index in [9.17, 15) is 9.59 Å². The maximum Gasteiger partial charge on any atom is 0.347 e. The van der Waals surface area contributed by atoms with Gasteiger partial charge in [-0.25, -0.2) is 9.78 Å². The molecule has 0 fully saturated rings. The van der Waals surface area contributed by atoms with E-state index in [1.54, 1.807) is 31.2 Å². The number of carbonyl (C=O) groups is 2. The zero-order chi connectivity index (χ0) is 18.5. The lowest BCUT2D eigenvalue weighted by molar-refractivity contribution is -0.153. The molecule has 3 aromatic rings. The lowest BCUT2D eigenvalue weighted by Crippen LogP contribution is -2.29. The summed E-state index contributed by atoms with van der Waals surface area (Å²) in [6.07, 6.45) is -0.810. The molecule has 7 heteroatoms. The van der Waals surface area contributed by atoms with Crippen LogP contribution >= 0.6 is 11.3 Å². The third-order valence-corrected chi connectivity index (χ3v) is 4.46. The van der Waals surface area contributed by atoms with Gasteiger partial charge in [0.05, 0.1) is 10.2 Å². The zero-order valence-electron chi connectivity index (χ0n) is 14.4. The van der Waals surface area contributed by atoms with Gasteiger partial charge in [0.15, 0.2) is 17.8 Å². The molecule has 0 saturated heterocycles. The van der Waals surface area contributed by atoms with Crippen LogP contribution in [-0.2, 0) is 14.3 Å². The number of amides is 1. The molecule has 1 aromatic heterocycles. The molecule has 1 atom stereocenters. The summed E-state index contributed by atoms with van der Waals surface area (Å²) in [6.45, 7) is 3.18. The van der Waals surface area contributed by atoms with Gasteiger partial charge in [-0.2, -0.15) is 0 Å². The Morgan fingerprint density at radius 1 is 1.19 bits per heavy atom. The highest BCUT2D eigenvalue weighted by Crippen LogP contribution is 2.26. The minimum absolute atomic E-state index is 0.393. The molecule has 3 rings (SSSR count). The molecule has 0 saturated carbocycles. The minimum Gasteiger partial charge on any atom is -0.479 e. The van der Waals surface area contributed by atoms with Gasteiger partial charge in [0.25, 0.3) is 5.91 Å². The van der Waals surface area contributed by atoms with Crippen LogP contribution in [0.4, 0.5) is 5.13 Å². The monoisotopic (exact) mass is 370 g/mol. The van der Waals surface area contributed by atoms with E-state index in [-0.39, 0.29) is 0 Å². The molecule has 0 aliphatic rings. The first-order valence-corrected chi connectivity index (χ1v) is 8.88. The molecule has 134 valence electrons. The van der Waals surface area contributed by atoms with Crippen molar-refractivity contribution in [2.45, 2.75) is 20.0 Å². The van der Waals surface area contributed by atoms with Crippen LogP contribution in [0.1, 0.15) is 12.5 Å². The molecule has 1 heterocycles. The number of esters is 1. The van der Waals surface area contributed by atoms with Gasteiger partial charge >= 0.3 is 5.97 Å². The van der Waals surface area contributed by atoms with Crippen LogP contribution in [0.15, 0.2) is 48.5 Å². The van der Waals surface area contributed by atoms with Gasteiger partial charge in [-0.15, -0.1) is 0 Å². The van der Waals surface area contributed by atoms with Crippen LogP contribution in [0.3, 0.4) is 0 Å². The standard InChI is InChI=1S/C19H18N2O4S/c1-12-8-9-15-16(10-12)26-19(20-15)21-17(22)11-24-18(23)13(2)25-14-6-4-3-5-7-14/h3-10,13H,11H2,1-2H3,(H,20,21,22). The topological polar surface area (TPSA) is 77.5 Å². The molecule has 6 nitrogen and oxygen atoms in total. The Balaban J connectivity index is 1.50. The number of para-hydroxylation sites is 1. The van der Waals surface area contributed by atoms with Crippen molar-refractivity contribution in [2.75, 3.05) is 11.9 Å². The Labute approximate surface area is 154 Å². The van der Waals surface area contributed by atoms with Gasteiger partial charge in [-0.05, 0) is 43.7 Å². The predicted molar refractivity (Wildman–Crippen MR) is 100 cm³/mol. The number of nitrogens with one attached hydrogen (secondary N) is 1. The zero-order valence-corrected chi connectivity index (χ0v) is 15.2. The molecule has 1 amide bonds. The van der Waals surface area contributed by atoms with Gasteiger partial charge in [-0.1, -0.05) is 35.6 Å². The third kappa shape index (κ3) is 4.58. The molecule has 2 aromatic carbocycles. The second-order valence-electron chi connectivity index (χ2n) is 5.72. The lowest BCUT2D eigenvalue weighted by atomic mass is 10.2. The van der Waals surface area contributed by atoms with Gasteiger partial charge in [0, 0.05) is 0 Å². The maximum absolute atomic E-state index is 12.0. The quantitative estimate of drug-likeness (QED) is 0.672. The molecule has 1 N–H and O–H groups in total. The van der Waals surface area contributed by atoms with Gasteiger partial charge in [-0.3, -0.25) is 10.1 Å². The molecule has 0 bridgehead atoms. The number of thiazole rings is 1. The number of fused-ring (bicyclic) bond motifs is 1. The number of hydrogen-bond acceptors (Lipinski definition) is 6. The molecule has 1 unspecified atom stereocenters. The summed E-state index contributed by atoms with van der Waals surface area (Å²) < 4.78 is 11.5. The van der Waals surface area contributed by atoms with Crippen LogP contribution in [-0.4, -0.2) is 29.6 Å². The highest BCUT2D eigenvalue weighted by molar-refractivity contribution is 7.22. The fourth-order valence-corrected chi connectivity index (χ4v) is 3.23. The van der Waals surface area contributed by atoms with E-state index in [4.69, 9.17) is 9.47 Å². The van der Waals surface area contributed by atoms with E-state index in [2.05, 4.69) is 10.3 Å². The summed E-state index contributed by atoms with van der Waals surface area (Å²) in [7, 11) is 0. The Bertz CT molecular complexity index is 924. The van der Waals surface area contributed by atoms with E-state index in [0.717, 1.165) is 15.8 Å².